The predicted molar refractivity (Wildman–Crippen MR) is 361 cm³/mol. The summed E-state index contributed by atoms with van der Waals surface area (Å²) in [4.78, 5) is 34.9. The molecule has 3 amide bonds. The number of nitrogens with zero attached hydrogens (tertiary/aromatic N) is 1. The molecule has 16 nitrogen and oxygen atoms in total. The second kappa shape index (κ2) is 36.0. The van der Waals surface area contributed by atoms with E-state index >= 15 is 0 Å². The zero-order valence-corrected chi connectivity index (χ0v) is 53.0. The van der Waals surface area contributed by atoms with Gasteiger partial charge in [0.05, 0.1) is 18.7 Å². The fourth-order valence-electron chi connectivity index (χ4n) is 14.4. The molecule has 89 heavy (non-hydrogen) atoms. The number of aryl methyl sites for hydroxylation is 1. The predicted octanol–water partition coefficient (Wildman–Crippen LogP) is 8.29. The van der Waals surface area contributed by atoms with Crippen LogP contribution in [0.15, 0.2) is 121 Å². The summed E-state index contributed by atoms with van der Waals surface area (Å²) in [5.74, 6) is 4.58. The van der Waals surface area contributed by atoms with Gasteiger partial charge in [0, 0.05) is 102 Å². The Morgan fingerprint density at radius 2 is 0.944 bits per heavy atom. The minimum absolute atomic E-state index is 0.00458. The van der Waals surface area contributed by atoms with Gasteiger partial charge in [0.25, 0.3) is 0 Å². The highest BCUT2D eigenvalue weighted by atomic mass is 16.5. The molecule has 5 aromatic carbocycles. The number of benzene rings is 5. The Kier molecular flexibility index (Phi) is 26.6. The number of morpholine rings is 1. The van der Waals surface area contributed by atoms with E-state index in [9.17, 15) is 14.4 Å². The first-order valence-electron chi connectivity index (χ1n) is 34.2. The Morgan fingerprint density at radius 3 is 1.63 bits per heavy atom. The smallest absolute Gasteiger partial charge is 0.246 e. The lowest BCUT2D eigenvalue weighted by Gasteiger charge is -2.35. The number of amides is 3. The second-order valence-corrected chi connectivity index (χ2v) is 25.9. The molecule has 7 saturated heterocycles. The van der Waals surface area contributed by atoms with E-state index in [0.29, 0.717) is 18.5 Å². The highest BCUT2D eigenvalue weighted by Crippen LogP contribution is 2.34. The Bertz CT molecular complexity index is 2710. The maximum absolute atomic E-state index is 11.1. The average Bonchev–Trinajstić information content (AvgIpc) is 4.23. The summed E-state index contributed by atoms with van der Waals surface area (Å²) in [5.41, 5.74) is 13.5. The molecule has 11 N–H and O–H groups in total. The van der Waals surface area contributed by atoms with Crippen molar-refractivity contribution < 1.29 is 19.1 Å². The monoisotopic (exact) mass is 1210 g/mol. The molecule has 2 aliphatic carbocycles. The molecule has 0 radical (unpaired) electrons. The number of carbonyl (C=O) groups is 3. The van der Waals surface area contributed by atoms with E-state index < -0.39 is 0 Å². The zero-order chi connectivity index (χ0) is 61.1. The van der Waals surface area contributed by atoms with Crippen molar-refractivity contribution in [3.05, 3.63) is 160 Å². The summed E-state index contributed by atoms with van der Waals surface area (Å²) in [6, 6.07) is 42.7. The highest BCUT2D eigenvalue weighted by Gasteiger charge is 2.34. The zero-order valence-electron chi connectivity index (χ0n) is 53.0. The minimum Gasteiger partial charge on any atom is -0.385 e. The van der Waals surface area contributed by atoms with Gasteiger partial charge in [0.1, 0.15) is 6.61 Å². The van der Waals surface area contributed by atoms with Crippen LogP contribution in [0, 0.1) is 23.7 Å². The van der Waals surface area contributed by atoms with Crippen LogP contribution in [0.2, 0.25) is 0 Å². The highest BCUT2D eigenvalue weighted by molar-refractivity contribution is 5.93. The maximum atomic E-state index is 11.1. The molecule has 5 atom stereocenters. The van der Waals surface area contributed by atoms with Gasteiger partial charge in [-0.15, -0.1) is 0 Å². The number of piperidine rings is 1. The number of para-hydroxylation sites is 3. The summed E-state index contributed by atoms with van der Waals surface area (Å²) < 4.78 is 5.24. The van der Waals surface area contributed by atoms with Crippen molar-refractivity contribution in [1.82, 2.24) is 47.4 Å². The number of nitrogens with one attached hydrogen (secondary N) is 11. The molecule has 16 heteroatoms. The van der Waals surface area contributed by atoms with Crippen LogP contribution < -0.4 is 58.5 Å². The normalized spacial score (nSPS) is 25.8. The summed E-state index contributed by atoms with van der Waals surface area (Å²) >= 11 is 0. The Hall–Kier alpha value is -6.21. The SMILES string of the molecule is C1CC2CCC1CNC2.C1CCC2CNCCC2C1.O=C1CCC2CNCCN12.O=C1CNCc2ccccc2N1.O=C1COC2CNCC2N1.c1ccc2c(c1)CCCN2.c1ccc2c(c1)CCN2.c1ccc2c(c1)CCNC2.c1ccc2c(c1)CNC2. The van der Waals surface area contributed by atoms with E-state index in [4.69, 9.17) is 4.74 Å². The van der Waals surface area contributed by atoms with Gasteiger partial charge in [-0.3, -0.25) is 14.4 Å². The van der Waals surface area contributed by atoms with E-state index in [-0.39, 0.29) is 30.6 Å². The largest absolute Gasteiger partial charge is 0.385 e. The lowest BCUT2D eigenvalue weighted by Crippen LogP contribution is -2.50. The number of fused-ring (bicyclic) bond motifs is 12. The number of carbonyl (C=O) groups excluding carboxylic acids is 3. The summed E-state index contributed by atoms with van der Waals surface area (Å²) in [6.45, 7) is 17.7. The van der Waals surface area contributed by atoms with Crippen molar-refractivity contribution in [3.63, 3.8) is 0 Å². The van der Waals surface area contributed by atoms with E-state index in [1.54, 1.807) is 0 Å². The minimum atomic E-state index is 0.00458. The van der Waals surface area contributed by atoms with Gasteiger partial charge in [-0.05, 0) is 184 Å². The molecule has 0 aromatic heterocycles. The fraction of sp³-hybridized carbons (Fsp3) is 0.548. The lowest BCUT2D eigenvalue weighted by molar-refractivity contribution is -0.134. The number of ether oxygens (including phenoxy) is 1. The van der Waals surface area contributed by atoms with Crippen LogP contribution >= 0.6 is 0 Å². The van der Waals surface area contributed by atoms with E-state index in [1.807, 2.05) is 29.2 Å². The van der Waals surface area contributed by atoms with E-state index in [2.05, 4.69) is 156 Å². The van der Waals surface area contributed by atoms with E-state index in [1.165, 1.54) is 154 Å². The van der Waals surface area contributed by atoms with Crippen LogP contribution in [0.1, 0.15) is 116 Å². The molecule has 480 valence electrons. The molecule has 2 saturated carbocycles. The number of rotatable bonds is 0. The first kappa shape index (κ1) is 65.7. The summed E-state index contributed by atoms with van der Waals surface area (Å²) in [5, 5.41) is 35.4. The fourth-order valence-corrected chi connectivity index (χ4v) is 14.4. The molecule has 5 unspecified atom stereocenters. The molecule has 14 aliphatic rings. The summed E-state index contributed by atoms with van der Waals surface area (Å²) in [7, 11) is 0. The third kappa shape index (κ3) is 20.9. The molecule has 12 aliphatic heterocycles. The Labute approximate surface area is 531 Å². The number of anilines is 3. The van der Waals surface area contributed by atoms with Gasteiger partial charge < -0.3 is 68.1 Å². The molecule has 2 bridgehead atoms. The molecule has 19 rings (SSSR count). The molecular weight excluding hydrogens is 1110 g/mol. The first-order valence-corrected chi connectivity index (χ1v) is 34.2. The number of hydrogen-bond acceptors (Lipinski definition) is 13. The molecule has 9 fully saturated rings. The molecule has 0 spiro atoms. The third-order valence-electron chi connectivity index (χ3n) is 19.6. The van der Waals surface area contributed by atoms with Crippen molar-refractivity contribution >= 4 is 34.8 Å². The quantitative estimate of drug-likeness (QED) is 0.0710. The third-order valence-corrected chi connectivity index (χ3v) is 19.6. The van der Waals surface area contributed by atoms with Gasteiger partial charge in [0.15, 0.2) is 0 Å². The van der Waals surface area contributed by atoms with Crippen LogP contribution in [0.25, 0.3) is 0 Å². The van der Waals surface area contributed by atoms with Crippen LogP contribution in [0.4, 0.5) is 17.1 Å². The summed E-state index contributed by atoms with van der Waals surface area (Å²) in [6.07, 6.45) is 20.4. The van der Waals surface area contributed by atoms with Gasteiger partial charge >= 0.3 is 0 Å². The molecular formula is C73H104N12O4. The van der Waals surface area contributed by atoms with Crippen LogP contribution in [0.5, 0.6) is 0 Å². The van der Waals surface area contributed by atoms with Crippen molar-refractivity contribution in [2.75, 3.05) is 108 Å². The van der Waals surface area contributed by atoms with Gasteiger partial charge in [-0.1, -0.05) is 122 Å². The molecule has 12 heterocycles. The lowest BCUT2D eigenvalue weighted by atomic mass is 9.76. The van der Waals surface area contributed by atoms with Gasteiger partial charge in [-0.2, -0.15) is 0 Å². The van der Waals surface area contributed by atoms with Crippen molar-refractivity contribution in [1.29, 1.82) is 0 Å². The van der Waals surface area contributed by atoms with E-state index in [0.717, 1.165) is 126 Å². The standard InChI is InChI=1S/C9H10N2O.C9H11N.C9H17N.C9H11N.C8H15N.2C8H9N.C7H12N2O.C6H10N2O2/c12-9-6-10-5-7-3-1-2-4-8(7)11-9;1-2-6-9-8(4-1)5-3-7-10-9;2*1-2-4-9-7-10-6-5-8(9)3-1;1-2-8-4-3-7(1)5-9-6-8;1-2-4-8-6-9-5-7(8)3-1;1-2-4-8-7(3-1)5-6-9-8;10-7-2-1-6-5-8-3-4-9(6)7;9-6-3-10-5-2-7-1-4(5)8-6/h1-4,10H,5-6H2,(H,11,12);1-2,4,6,10H,3,5,7H2;8-10H,1-7H2;1-4,10H,5-7H2;7-9H,1-6H2;2*1-4,9H,5-6H2;6,8H,1-5H2;4-5,7H,1-3H2,(H,8,9). The van der Waals surface area contributed by atoms with Gasteiger partial charge in [-0.25, -0.2) is 0 Å². The van der Waals surface area contributed by atoms with Crippen molar-refractivity contribution in [2.45, 2.75) is 141 Å². The van der Waals surface area contributed by atoms with Crippen LogP contribution in [-0.2, 0) is 64.6 Å². The van der Waals surface area contributed by atoms with Crippen molar-refractivity contribution in [3.8, 4) is 0 Å². The number of hydrogen-bond donors (Lipinski definition) is 11. The van der Waals surface area contributed by atoms with Crippen LogP contribution in [-0.4, -0.2) is 132 Å². The average molecular weight is 1210 g/mol. The second-order valence-electron chi connectivity index (χ2n) is 25.9. The topological polar surface area (TPSA) is 196 Å². The Balaban J connectivity index is 0.000000110. The maximum Gasteiger partial charge on any atom is 0.246 e. The van der Waals surface area contributed by atoms with Crippen molar-refractivity contribution in [2.24, 2.45) is 23.7 Å². The van der Waals surface area contributed by atoms with Gasteiger partial charge in [0.2, 0.25) is 17.7 Å². The molecule has 5 aromatic rings. The Morgan fingerprint density at radius 1 is 0.382 bits per heavy atom. The number of piperazine rings is 1. The first-order chi connectivity index (χ1) is 43.9. The van der Waals surface area contributed by atoms with Crippen LogP contribution in [0.3, 0.4) is 0 Å².